The van der Waals surface area contributed by atoms with Gasteiger partial charge in [-0.15, -0.1) is 11.3 Å². The topological polar surface area (TPSA) is 48.1 Å². The van der Waals surface area contributed by atoms with E-state index in [9.17, 15) is 0 Å². The second kappa shape index (κ2) is 4.66. The second-order valence-corrected chi connectivity index (χ2v) is 6.13. The van der Waals surface area contributed by atoms with Gasteiger partial charge in [-0.25, -0.2) is 4.98 Å². The minimum Gasteiger partial charge on any atom is -0.496 e. The summed E-state index contributed by atoms with van der Waals surface area (Å²) in [6.45, 7) is 4.07. The summed E-state index contributed by atoms with van der Waals surface area (Å²) in [6, 6.07) is 4.11. The highest BCUT2D eigenvalue weighted by Gasteiger charge is 2.12. The van der Waals surface area contributed by atoms with Gasteiger partial charge in [-0.1, -0.05) is 0 Å². The van der Waals surface area contributed by atoms with E-state index in [1.165, 1.54) is 0 Å². The number of ether oxygens (including phenoxy) is 1. The Kier molecular flexibility index (Phi) is 3.40. The van der Waals surface area contributed by atoms with E-state index in [1.807, 2.05) is 19.9 Å². The van der Waals surface area contributed by atoms with Gasteiger partial charge in [-0.05, 0) is 53.0 Å². The maximum atomic E-state index is 5.75. The number of thiazole rings is 1. The minimum absolute atomic E-state index is 0.540. The van der Waals surface area contributed by atoms with E-state index < -0.39 is 0 Å². The van der Waals surface area contributed by atoms with Gasteiger partial charge in [0.2, 0.25) is 0 Å². The van der Waals surface area contributed by atoms with E-state index in [4.69, 9.17) is 10.5 Å². The number of benzene rings is 1. The van der Waals surface area contributed by atoms with Crippen molar-refractivity contribution in [1.29, 1.82) is 0 Å². The number of aromatic nitrogens is 1. The molecule has 3 nitrogen and oxygen atoms in total. The molecular weight excluding hydrogens is 300 g/mol. The molecule has 0 bridgehead atoms. The molecule has 0 saturated heterocycles. The monoisotopic (exact) mass is 312 g/mol. The molecule has 2 rings (SSSR count). The van der Waals surface area contributed by atoms with Crippen LogP contribution in [-0.2, 0) is 0 Å². The van der Waals surface area contributed by atoms with Gasteiger partial charge in [0.15, 0.2) is 0 Å². The van der Waals surface area contributed by atoms with Crippen LogP contribution in [0.5, 0.6) is 5.75 Å². The highest BCUT2D eigenvalue weighted by Crippen LogP contribution is 2.36. The van der Waals surface area contributed by atoms with Crippen LogP contribution in [0.2, 0.25) is 0 Å². The molecule has 0 unspecified atom stereocenters. The Balaban J connectivity index is 2.56. The third-order valence-corrected chi connectivity index (χ3v) is 4.37. The van der Waals surface area contributed by atoms with E-state index in [0.717, 1.165) is 31.2 Å². The molecule has 17 heavy (non-hydrogen) atoms. The smallest absolute Gasteiger partial charge is 0.149 e. The van der Waals surface area contributed by atoms with Crippen LogP contribution in [0, 0.1) is 13.8 Å². The molecule has 0 atom stereocenters. The van der Waals surface area contributed by atoms with Crippen LogP contribution in [0.15, 0.2) is 15.9 Å². The molecule has 1 heterocycles. The van der Waals surface area contributed by atoms with Gasteiger partial charge in [0, 0.05) is 5.56 Å². The third-order valence-electron chi connectivity index (χ3n) is 2.58. The van der Waals surface area contributed by atoms with Crippen LogP contribution in [0.4, 0.5) is 5.82 Å². The molecule has 2 N–H and O–H groups in total. The SMILES string of the molecule is COc1cc(C)c(-c2nc(N)c(Br)s2)cc1C. The summed E-state index contributed by atoms with van der Waals surface area (Å²) in [5.74, 6) is 1.44. The fourth-order valence-electron chi connectivity index (χ4n) is 1.67. The summed E-state index contributed by atoms with van der Waals surface area (Å²) in [7, 11) is 1.68. The number of nitrogen functional groups attached to an aromatic ring is 1. The number of nitrogens with two attached hydrogens (primary N) is 1. The summed E-state index contributed by atoms with van der Waals surface area (Å²) in [5, 5.41) is 0.928. The minimum atomic E-state index is 0.540. The lowest BCUT2D eigenvalue weighted by Gasteiger charge is -2.09. The van der Waals surface area contributed by atoms with Gasteiger partial charge >= 0.3 is 0 Å². The van der Waals surface area contributed by atoms with E-state index in [2.05, 4.69) is 27.0 Å². The fourth-order valence-corrected chi connectivity index (χ4v) is 3.01. The quantitative estimate of drug-likeness (QED) is 0.918. The summed E-state index contributed by atoms with van der Waals surface area (Å²) in [5.41, 5.74) is 9.08. The Labute approximate surface area is 113 Å². The average Bonchev–Trinajstić information content (AvgIpc) is 2.61. The highest BCUT2D eigenvalue weighted by atomic mass is 79.9. The van der Waals surface area contributed by atoms with Gasteiger partial charge < -0.3 is 10.5 Å². The van der Waals surface area contributed by atoms with Crippen LogP contribution >= 0.6 is 27.3 Å². The Morgan fingerprint density at radius 2 is 2.00 bits per heavy atom. The first kappa shape index (κ1) is 12.4. The van der Waals surface area contributed by atoms with Crippen molar-refractivity contribution < 1.29 is 4.74 Å². The van der Waals surface area contributed by atoms with Gasteiger partial charge in [0.25, 0.3) is 0 Å². The van der Waals surface area contributed by atoms with Crippen LogP contribution < -0.4 is 10.5 Å². The zero-order valence-electron chi connectivity index (χ0n) is 9.87. The Morgan fingerprint density at radius 1 is 1.29 bits per heavy atom. The molecule has 0 spiro atoms. The lowest BCUT2D eigenvalue weighted by molar-refractivity contribution is 0.411. The van der Waals surface area contributed by atoms with Gasteiger partial charge in [-0.2, -0.15) is 0 Å². The van der Waals surface area contributed by atoms with Crippen molar-refractivity contribution in [2.75, 3.05) is 12.8 Å². The first-order chi connectivity index (χ1) is 8.02. The predicted octanol–water partition coefficient (Wildman–Crippen LogP) is 3.78. The maximum Gasteiger partial charge on any atom is 0.149 e. The number of methoxy groups -OCH3 is 1. The number of aryl methyl sites for hydroxylation is 2. The van der Waals surface area contributed by atoms with Crippen molar-refractivity contribution in [1.82, 2.24) is 4.98 Å². The Hall–Kier alpha value is -1.07. The average molecular weight is 313 g/mol. The molecule has 0 radical (unpaired) electrons. The maximum absolute atomic E-state index is 5.75. The van der Waals surface area contributed by atoms with Gasteiger partial charge in [0.05, 0.1) is 7.11 Å². The van der Waals surface area contributed by atoms with Crippen molar-refractivity contribution in [3.05, 3.63) is 27.0 Å². The number of anilines is 1. The van der Waals surface area contributed by atoms with Crippen molar-refractivity contribution >= 4 is 33.1 Å². The molecule has 1 aromatic heterocycles. The first-order valence-electron chi connectivity index (χ1n) is 5.10. The first-order valence-corrected chi connectivity index (χ1v) is 6.71. The highest BCUT2D eigenvalue weighted by molar-refractivity contribution is 9.11. The van der Waals surface area contributed by atoms with E-state index in [0.29, 0.717) is 5.82 Å². The number of hydrogen-bond donors (Lipinski definition) is 1. The number of hydrogen-bond acceptors (Lipinski definition) is 4. The molecule has 5 heteroatoms. The lowest BCUT2D eigenvalue weighted by Crippen LogP contribution is -1.91. The van der Waals surface area contributed by atoms with E-state index >= 15 is 0 Å². The van der Waals surface area contributed by atoms with E-state index in [1.54, 1.807) is 18.4 Å². The van der Waals surface area contributed by atoms with Crippen molar-refractivity contribution in [3.8, 4) is 16.3 Å². The number of nitrogens with zero attached hydrogens (tertiary/aromatic N) is 1. The molecule has 0 aliphatic carbocycles. The molecule has 0 aliphatic rings. The molecule has 0 aliphatic heterocycles. The molecular formula is C12H13BrN2OS. The summed E-state index contributed by atoms with van der Waals surface area (Å²) in [4.78, 5) is 4.35. The molecule has 0 amide bonds. The Bertz CT molecular complexity index is 546. The Morgan fingerprint density at radius 3 is 2.53 bits per heavy atom. The van der Waals surface area contributed by atoms with Gasteiger partial charge in [-0.3, -0.25) is 0 Å². The molecule has 90 valence electrons. The lowest BCUT2D eigenvalue weighted by atomic mass is 10.1. The normalized spacial score (nSPS) is 10.6. The zero-order chi connectivity index (χ0) is 12.6. The van der Waals surface area contributed by atoms with Crippen LogP contribution in [0.3, 0.4) is 0 Å². The van der Waals surface area contributed by atoms with Crippen molar-refractivity contribution in [2.45, 2.75) is 13.8 Å². The predicted molar refractivity (Wildman–Crippen MR) is 75.7 cm³/mol. The van der Waals surface area contributed by atoms with Crippen molar-refractivity contribution in [2.24, 2.45) is 0 Å². The van der Waals surface area contributed by atoms with Crippen molar-refractivity contribution in [3.63, 3.8) is 0 Å². The number of halogens is 1. The molecule has 2 aromatic rings. The number of rotatable bonds is 2. The van der Waals surface area contributed by atoms with Crippen LogP contribution in [0.1, 0.15) is 11.1 Å². The standard InChI is InChI=1S/C12H13BrN2OS/c1-6-5-9(16-3)7(2)4-8(6)12-15-11(14)10(13)17-12/h4-5H,14H2,1-3H3. The third kappa shape index (κ3) is 2.30. The zero-order valence-corrected chi connectivity index (χ0v) is 12.3. The largest absolute Gasteiger partial charge is 0.496 e. The molecule has 0 fully saturated rings. The van der Waals surface area contributed by atoms with E-state index in [-0.39, 0.29) is 0 Å². The summed E-state index contributed by atoms with van der Waals surface area (Å²) >= 11 is 4.93. The fraction of sp³-hybridized carbons (Fsp3) is 0.250. The molecule has 1 aromatic carbocycles. The second-order valence-electron chi connectivity index (χ2n) is 3.81. The van der Waals surface area contributed by atoms with Crippen LogP contribution in [0.25, 0.3) is 10.6 Å². The summed E-state index contributed by atoms with van der Waals surface area (Å²) in [6.07, 6.45) is 0. The van der Waals surface area contributed by atoms with Gasteiger partial charge in [0.1, 0.15) is 20.4 Å². The van der Waals surface area contributed by atoms with Crippen LogP contribution in [-0.4, -0.2) is 12.1 Å². The molecule has 0 saturated carbocycles. The summed E-state index contributed by atoms with van der Waals surface area (Å²) < 4.78 is 6.17.